The molecule has 2 aromatic rings. The highest BCUT2D eigenvalue weighted by Gasteiger charge is 2.27. The molecule has 2 fully saturated rings. The highest BCUT2D eigenvalue weighted by Crippen LogP contribution is 2.25. The van der Waals surface area contributed by atoms with Crippen LogP contribution in [-0.2, 0) is 4.79 Å². The van der Waals surface area contributed by atoms with Crippen LogP contribution in [0.15, 0.2) is 47.4 Å². The summed E-state index contributed by atoms with van der Waals surface area (Å²) in [6.07, 6.45) is 4.36. The third-order valence-corrected chi connectivity index (χ3v) is 5.75. The average molecular weight is 381 g/mol. The van der Waals surface area contributed by atoms with Crippen LogP contribution in [0, 0.1) is 5.92 Å². The Morgan fingerprint density at radius 3 is 2.57 bits per heavy atom. The summed E-state index contributed by atoms with van der Waals surface area (Å²) in [5, 5.41) is 6.31. The number of rotatable bonds is 4. The summed E-state index contributed by atoms with van der Waals surface area (Å²) in [6.45, 7) is 5.03. The van der Waals surface area contributed by atoms with Gasteiger partial charge in [0.25, 0.3) is 5.56 Å². The first-order valence-electron chi connectivity index (χ1n) is 10.1. The molecule has 148 valence electrons. The number of amides is 1. The van der Waals surface area contributed by atoms with Gasteiger partial charge in [0.2, 0.25) is 5.91 Å². The topological polar surface area (TPSA) is 72.5 Å². The number of aromatic amines is 1. The smallest absolute Gasteiger partial charge is 0.266 e. The molecular weight excluding hydrogens is 354 g/mol. The molecule has 4 rings (SSSR count). The Bertz CT molecular complexity index is 845. The quantitative estimate of drug-likeness (QED) is 0.873. The normalized spacial score (nSPS) is 20.3. The first-order chi connectivity index (χ1) is 13.7. The standard InChI is InChI=1S/C21H27N5O2/c27-20-14-19(15-22-23-20)26-8-4-5-17(16-26)13-21(28)25-11-9-24(10-12-25)18-6-2-1-3-7-18/h1-3,6-7,14-15,17H,4-5,8-13,16H2,(H,23,27). The van der Waals surface area contributed by atoms with E-state index in [1.165, 1.54) is 5.69 Å². The van der Waals surface area contributed by atoms with Crippen LogP contribution >= 0.6 is 0 Å². The van der Waals surface area contributed by atoms with Crippen LogP contribution in [0.5, 0.6) is 0 Å². The van der Waals surface area contributed by atoms with Crippen LogP contribution in [0.4, 0.5) is 11.4 Å². The summed E-state index contributed by atoms with van der Waals surface area (Å²) in [5.41, 5.74) is 1.88. The second-order valence-corrected chi connectivity index (χ2v) is 7.67. The van der Waals surface area contributed by atoms with Gasteiger partial charge >= 0.3 is 0 Å². The maximum atomic E-state index is 12.8. The molecular formula is C21H27N5O2. The second-order valence-electron chi connectivity index (χ2n) is 7.67. The van der Waals surface area contributed by atoms with Crippen molar-refractivity contribution in [3.63, 3.8) is 0 Å². The molecule has 7 heteroatoms. The molecule has 28 heavy (non-hydrogen) atoms. The Morgan fingerprint density at radius 2 is 1.82 bits per heavy atom. The molecule has 0 radical (unpaired) electrons. The van der Waals surface area contributed by atoms with E-state index in [0.29, 0.717) is 12.3 Å². The predicted octanol–water partition coefficient (Wildman–Crippen LogP) is 1.73. The van der Waals surface area contributed by atoms with E-state index < -0.39 is 0 Å². The summed E-state index contributed by atoms with van der Waals surface area (Å²) in [4.78, 5) is 30.9. The van der Waals surface area contributed by atoms with Gasteiger partial charge in [0.1, 0.15) is 0 Å². The van der Waals surface area contributed by atoms with E-state index in [4.69, 9.17) is 0 Å². The van der Waals surface area contributed by atoms with Crippen LogP contribution in [0.1, 0.15) is 19.3 Å². The van der Waals surface area contributed by atoms with Crippen molar-refractivity contribution in [2.45, 2.75) is 19.3 Å². The summed E-state index contributed by atoms with van der Waals surface area (Å²) in [7, 11) is 0. The van der Waals surface area contributed by atoms with Gasteiger partial charge in [-0.2, -0.15) is 5.10 Å². The largest absolute Gasteiger partial charge is 0.370 e. The third-order valence-electron chi connectivity index (χ3n) is 5.75. The lowest BCUT2D eigenvalue weighted by Crippen LogP contribution is -2.49. The number of nitrogens with zero attached hydrogens (tertiary/aromatic N) is 4. The molecule has 7 nitrogen and oxygen atoms in total. The number of anilines is 2. The fourth-order valence-electron chi connectivity index (χ4n) is 4.23. The molecule has 1 N–H and O–H groups in total. The van der Waals surface area contributed by atoms with Crippen molar-refractivity contribution in [2.24, 2.45) is 5.92 Å². The maximum Gasteiger partial charge on any atom is 0.266 e. The molecule has 0 saturated carbocycles. The molecule has 2 aliphatic heterocycles. The number of para-hydroxylation sites is 1. The first-order valence-corrected chi connectivity index (χ1v) is 10.1. The molecule has 1 atom stereocenters. The Balaban J connectivity index is 1.30. The summed E-state index contributed by atoms with van der Waals surface area (Å²) >= 11 is 0. The van der Waals surface area contributed by atoms with Gasteiger partial charge in [0, 0.05) is 57.4 Å². The lowest BCUT2D eigenvalue weighted by atomic mass is 9.93. The molecule has 2 aliphatic rings. The average Bonchev–Trinajstić information content (AvgIpc) is 2.75. The molecule has 0 bridgehead atoms. The molecule has 1 aromatic heterocycles. The Kier molecular flexibility index (Phi) is 5.60. The van der Waals surface area contributed by atoms with E-state index in [-0.39, 0.29) is 11.5 Å². The predicted molar refractivity (Wildman–Crippen MR) is 110 cm³/mol. The van der Waals surface area contributed by atoms with Crippen molar-refractivity contribution < 1.29 is 4.79 Å². The molecule has 2 saturated heterocycles. The molecule has 1 unspecified atom stereocenters. The number of benzene rings is 1. The monoisotopic (exact) mass is 381 g/mol. The zero-order chi connectivity index (χ0) is 19.3. The SMILES string of the molecule is O=C(CC1CCCN(c2cn[nH]c(=O)c2)C1)N1CCN(c2ccccc2)CC1. The van der Waals surface area contributed by atoms with Crippen molar-refractivity contribution in [3.8, 4) is 0 Å². The number of aromatic nitrogens is 2. The van der Waals surface area contributed by atoms with Gasteiger partial charge in [-0.25, -0.2) is 5.10 Å². The molecule has 0 spiro atoms. The summed E-state index contributed by atoms with van der Waals surface area (Å²) in [6, 6.07) is 12.0. The van der Waals surface area contributed by atoms with Crippen molar-refractivity contribution >= 4 is 17.3 Å². The number of carbonyl (C=O) groups excluding carboxylic acids is 1. The minimum Gasteiger partial charge on any atom is -0.370 e. The Hall–Kier alpha value is -2.83. The van der Waals surface area contributed by atoms with Crippen LogP contribution in [0.25, 0.3) is 0 Å². The number of carbonyl (C=O) groups is 1. The van der Waals surface area contributed by atoms with E-state index in [1.807, 2.05) is 11.0 Å². The summed E-state index contributed by atoms with van der Waals surface area (Å²) < 4.78 is 0. The van der Waals surface area contributed by atoms with E-state index in [0.717, 1.165) is 57.8 Å². The number of hydrogen-bond acceptors (Lipinski definition) is 5. The van der Waals surface area contributed by atoms with Gasteiger partial charge in [-0.3, -0.25) is 9.59 Å². The number of H-pyrrole nitrogens is 1. The fraction of sp³-hybridized carbons (Fsp3) is 0.476. The van der Waals surface area contributed by atoms with Gasteiger partial charge in [-0.05, 0) is 30.9 Å². The maximum absolute atomic E-state index is 12.8. The van der Waals surface area contributed by atoms with Crippen molar-refractivity contribution in [3.05, 3.63) is 52.9 Å². The first kappa shape index (κ1) is 18.5. The highest BCUT2D eigenvalue weighted by molar-refractivity contribution is 5.77. The molecule has 1 aromatic carbocycles. The minimum absolute atomic E-state index is 0.188. The fourth-order valence-corrected chi connectivity index (χ4v) is 4.23. The number of piperazine rings is 1. The minimum atomic E-state index is -0.188. The van der Waals surface area contributed by atoms with Crippen LogP contribution in [-0.4, -0.2) is 60.3 Å². The van der Waals surface area contributed by atoms with Crippen molar-refractivity contribution in [1.29, 1.82) is 0 Å². The zero-order valence-corrected chi connectivity index (χ0v) is 16.1. The number of piperidine rings is 1. The molecule has 1 amide bonds. The van der Waals surface area contributed by atoms with E-state index >= 15 is 0 Å². The van der Waals surface area contributed by atoms with E-state index in [2.05, 4.69) is 44.3 Å². The van der Waals surface area contributed by atoms with Gasteiger partial charge in [-0.15, -0.1) is 0 Å². The lowest BCUT2D eigenvalue weighted by molar-refractivity contribution is -0.132. The van der Waals surface area contributed by atoms with Gasteiger partial charge in [0.05, 0.1) is 11.9 Å². The number of hydrogen-bond donors (Lipinski definition) is 1. The van der Waals surface area contributed by atoms with Gasteiger partial charge in [0.15, 0.2) is 0 Å². The zero-order valence-electron chi connectivity index (χ0n) is 16.1. The number of nitrogens with one attached hydrogen (secondary N) is 1. The van der Waals surface area contributed by atoms with Crippen LogP contribution in [0.2, 0.25) is 0 Å². The third kappa shape index (κ3) is 4.35. The highest BCUT2D eigenvalue weighted by atomic mass is 16.2. The van der Waals surface area contributed by atoms with Crippen LogP contribution in [0.3, 0.4) is 0 Å². The Labute approximate surface area is 165 Å². The van der Waals surface area contributed by atoms with Crippen molar-refractivity contribution in [1.82, 2.24) is 15.1 Å². The lowest BCUT2D eigenvalue weighted by Gasteiger charge is -2.38. The molecule has 0 aliphatic carbocycles. The van der Waals surface area contributed by atoms with Crippen LogP contribution < -0.4 is 15.4 Å². The van der Waals surface area contributed by atoms with Gasteiger partial charge < -0.3 is 14.7 Å². The Morgan fingerprint density at radius 1 is 1.04 bits per heavy atom. The molecule has 3 heterocycles. The van der Waals surface area contributed by atoms with E-state index in [1.54, 1.807) is 12.3 Å². The van der Waals surface area contributed by atoms with Crippen molar-refractivity contribution in [2.75, 3.05) is 49.1 Å². The summed E-state index contributed by atoms with van der Waals surface area (Å²) in [5.74, 6) is 0.580. The van der Waals surface area contributed by atoms with Gasteiger partial charge in [-0.1, -0.05) is 18.2 Å². The van der Waals surface area contributed by atoms with E-state index in [9.17, 15) is 9.59 Å². The second kappa shape index (κ2) is 8.46.